The SMILES string of the molecule is CCN1CCC(CNCCO)C1. The fraction of sp³-hybridized carbons (Fsp3) is 1.00. The van der Waals surface area contributed by atoms with Crippen LogP contribution in [0.2, 0.25) is 0 Å². The van der Waals surface area contributed by atoms with Gasteiger partial charge in [0.05, 0.1) is 6.61 Å². The first kappa shape index (κ1) is 9.96. The molecular weight excluding hydrogens is 152 g/mol. The topological polar surface area (TPSA) is 35.5 Å². The summed E-state index contributed by atoms with van der Waals surface area (Å²) in [7, 11) is 0. The van der Waals surface area contributed by atoms with E-state index in [0.29, 0.717) is 0 Å². The standard InChI is InChI=1S/C9H20N2O/c1-2-11-5-3-9(8-11)7-10-4-6-12/h9-10,12H,2-8H2,1H3. The molecule has 0 aromatic heterocycles. The van der Waals surface area contributed by atoms with Crippen molar-refractivity contribution in [2.24, 2.45) is 5.92 Å². The molecule has 1 aliphatic rings. The summed E-state index contributed by atoms with van der Waals surface area (Å²) in [5.41, 5.74) is 0. The predicted octanol–water partition coefficient (Wildman–Crippen LogP) is -0.0899. The Hall–Kier alpha value is -0.120. The van der Waals surface area contributed by atoms with Gasteiger partial charge in [0, 0.05) is 13.1 Å². The highest BCUT2D eigenvalue weighted by atomic mass is 16.3. The molecule has 0 spiro atoms. The van der Waals surface area contributed by atoms with Crippen molar-refractivity contribution in [3.05, 3.63) is 0 Å². The molecule has 0 aromatic rings. The number of aliphatic hydroxyl groups is 1. The number of nitrogens with one attached hydrogen (secondary N) is 1. The van der Waals surface area contributed by atoms with Gasteiger partial charge >= 0.3 is 0 Å². The highest BCUT2D eigenvalue weighted by molar-refractivity contribution is 4.75. The van der Waals surface area contributed by atoms with Crippen LogP contribution in [0.3, 0.4) is 0 Å². The van der Waals surface area contributed by atoms with Crippen LogP contribution in [0.15, 0.2) is 0 Å². The minimum Gasteiger partial charge on any atom is -0.395 e. The van der Waals surface area contributed by atoms with Gasteiger partial charge in [-0.2, -0.15) is 0 Å². The molecular formula is C9H20N2O. The summed E-state index contributed by atoms with van der Waals surface area (Å²) in [6.07, 6.45) is 1.31. The Balaban J connectivity index is 2.03. The van der Waals surface area contributed by atoms with E-state index >= 15 is 0 Å². The third-order valence-electron chi connectivity index (χ3n) is 2.54. The second kappa shape index (κ2) is 5.51. The molecule has 3 nitrogen and oxygen atoms in total. The first-order chi connectivity index (χ1) is 5.86. The number of rotatable bonds is 5. The van der Waals surface area contributed by atoms with E-state index in [1.54, 1.807) is 0 Å². The number of nitrogens with zero attached hydrogens (tertiary/aromatic N) is 1. The molecule has 1 fully saturated rings. The summed E-state index contributed by atoms with van der Waals surface area (Å²) in [6, 6.07) is 0. The summed E-state index contributed by atoms with van der Waals surface area (Å²) in [5, 5.41) is 11.8. The van der Waals surface area contributed by atoms with Crippen LogP contribution in [0.1, 0.15) is 13.3 Å². The lowest BCUT2D eigenvalue weighted by atomic mass is 10.1. The van der Waals surface area contributed by atoms with Gasteiger partial charge in [-0.3, -0.25) is 0 Å². The normalized spacial score (nSPS) is 25.0. The molecule has 1 unspecified atom stereocenters. The summed E-state index contributed by atoms with van der Waals surface area (Å²) < 4.78 is 0. The molecule has 12 heavy (non-hydrogen) atoms. The van der Waals surface area contributed by atoms with Gasteiger partial charge in [-0.15, -0.1) is 0 Å². The molecule has 2 N–H and O–H groups in total. The van der Waals surface area contributed by atoms with Crippen molar-refractivity contribution in [3.63, 3.8) is 0 Å². The zero-order chi connectivity index (χ0) is 8.81. The number of hydrogen-bond acceptors (Lipinski definition) is 3. The second-order valence-corrected chi connectivity index (χ2v) is 3.48. The van der Waals surface area contributed by atoms with E-state index < -0.39 is 0 Å². The van der Waals surface area contributed by atoms with Crippen LogP contribution in [-0.4, -0.2) is 49.3 Å². The van der Waals surface area contributed by atoms with Gasteiger partial charge in [0.2, 0.25) is 0 Å². The average molecular weight is 172 g/mol. The van der Waals surface area contributed by atoms with E-state index in [0.717, 1.165) is 19.0 Å². The van der Waals surface area contributed by atoms with Crippen LogP contribution in [0.5, 0.6) is 0 Å². The van der Waals surface area contributed by atoms with Crippen LogP contribution in [0, 0.1) is 5.92 Å². The first-order valence-corrected chi connectivity index (χ1v) is 4.90. The van der Waals surface area contributed by atoms with Crippen molar-refractivity contribution < 1.29 is 5.11 Å². The monoisotopic (exact) mass is 172 g/mol. The maximum absolute atomic E-state index is 8.57. The van der Waals surface area contributed by atoms with Crippen molar-refractivity contribution in [1.29, 1.82) is 0 Å². The quantitative estimate of drug-likeness (QED) is 0.569. The van der Waals surface area contributed by atoms with Gasteiger partial charge in [-0.1, -0.05) is 6.92 Å². The number of aliphatic hydroxyl groups excluding tert-OH is 1. The predicted molar refractivity (Wildman–Crippen MR) is 50.2 cm³/mol. The van der Waals surface area contributed by atoms with Crippen molar-refractivity contribution in [2.45, 2.75) is 13.3 Å². The molecule has 0 saturated carbocycles. The van der Waals surface area contributed by atoms with Crippen molar-refractivity contribution in [2.75, 3.05) is 39.3 Å². The van der Waals surface area contributed by atoms with Crippen molar-refractivity contribution >= 4 is 0 Å². The van der Waals surface area contributed by atoms with Gasteiger partial charge in [-0.05, 0) is 32.0 Å². The average Bonchev–Trinajstić information content (AvgIpc) is 2.53. The Morgan fingerprint density at radius 2 is 2.42 bits per heavy atom. The lowest BCUT2D eigenvalue weighted by Crippen LogP contribution is -2.28. The molecule has 1 rings (SSSR count). The fourth-order valence-electron chi connectivity index (χ4n) is 1.75. The molecule has 1 heterocycles. The maximum Gasteiger partial charge on any atom is 0.0555 e. The highest BCUT2D eigenvalue weighted by Crippen LogP contribution is 2.14. The van der Waals surface area contributed by atoms with Crippen molar-refractivity contribution in [1.82, 2.24) is 10.2 Å². The highest BCUT2D eigenvalue weighted by Gasteiger charge is 2.19. The molecule has 0 aliphatic carbocycles. The second-order valence-electron chi connectivity index (χ2n) is 3.48. The van der Waals surface area contributed by atoms with Gasteiger partial charge in [-0.25, -0.2) is 0 Å². The molecule has 0 bridgehead atoms. The van der Waals surface area contributed by atoms with Crippen LogP contribution < -0.4 is 5.32 Å². The Morgan fingerprint density at radius 1 is 1.58 bits per heavy atom. The Kier molecular flexibility index (Phi) is 4.58. The molecule has 0 amide bonds. The maximum atomic E-state index is 8.57. The van der Waals surface area contributed by atoms with E-state index in [-0.39, 0.29) is 6.61 Å². The minimum atomic E-state index is 0.254. The zero-order valence-electron chi connectivity index (χ0n) is 7.92. The molecule has 72 valence electrons. The first-order valence-electron chi connectivity index (χ1n) is 4.90. The van der Waals surface area contributed by atoms with Gasteiger partial charge < -0.3 is 15.3 Å². The van der Waals surface area contributed by atoms with Crippen molar-refractivity contribution in [3.8, 4) is 0 Å². The van der Waals surface area contributed by atoms with Crippen LogP contribution in [0.4, 0.5) is 0 Å². The van der Waals surface area contributed by atoms with Crippen LogP contribution in [0.25, 0.3) is 0 Å². The summed E-state index contributed by atoms with van der Waals surface area (Å²) in [6.45, 7) is 7.93. The van der Waals surface area contributed by atoms with Crippen LogP contribution >= 0.6 is 0 Å². The lowest BCUT2D eigenvalue weighted by molar-refractivity contribution is 0.285. The third-order valence-corrected chi connectivity index (χ3v) is 2.54. The fourth-order valence-corrected chi connectivity index (χ4v) is 1.75. The summed E-state index contributed by atoms with van der Waals surface area (Å²) in [4.78, 5) is 2.48. The van der Waals surface area contributed by atoms with E-state index in [1.165, 1.54) is 26.1 Å². The number of hydrogen-bond donors (Lipinski definition) is 2. The molecule has 3 heteroatoms. The summed E-state index contributed by atoms with van der Waals surface area (Å²) >= 11 is 0. The molecule has 1 saturated heterocycles. The van der Waals surface area contributed by atoms with Gasteiger partial charge in [0.25, 0.3) is 0 Å². The smallest absolute Gasteiger partial charge is 0.0555 e. The Morgan fingerprint density at radius 3 is 3.00 bits per heavy atom. The van der Waals surface area contributed by atoms with Crippen LogP contribution in [-0.2, 0) is 0 Å². The van der Waals surface area contributed by atoms with Gasteiger partial charge in [0.15, 0.2) is 0 Å². The van der Waals surface area contributed by atoms with E-state index in [4.69, 9.17) is 5.11 Å². The van der Waals surface area contributed by atoms with Gasteiger partial charge in [0.1, 0.15) is 0 Å². The van der Waals surface area contributed by atoms with E-state index in [9.17, 15) is 0 Å². The lowest BCUT2D eigenvalue weighted by Gasteiger charge is -2.13. The Labute approximate surface area is 74.8 Å². The Bertz CT molecular complexity index is 119. The number of likely N-dealkylation sites (tertiary alicyclic amines) is 1. The van der Waals surface area contributed by atoms with E-state index in [1.807, 2.05) is 0 Å². The molecule has 0 aromatic carbocycles. The summed E-state index contributed by atoms with van der Waals surface area (Å²) in [5.74, 6) is 0.802. The largest absolute Gasteiger partial charge is 0.395 e. The molecule has 1 atom stereocenters. The zero-order valence-corrected chi connectivity index (χ0v) is 7.92. The minimum absolute atomic E-state index is 0.254. The van der Waals surface area contributed by atoms with E-state index in [2.05, 4.69) is 17.1 Å². The molecule has 1 aliphatic heterocycles. The molecule has 0 radical (unpaired) electrons. The third kappa shape index (κ3) is 3.09.